The Balaban J connectivity index is 1.39. The molecule has 4 heteroatoms. The molecule has 0 saturated heterocycles. The van der Waals surface area contributed by atoms with Gasteiger partial charge >= 0.3 is 0 Å². The van der Waals surface area contributed by atoms with Gasteiger partial charge < -0.3 is 4.42 Å². The maximum absolute atomic E-state index is 6.23. The van der Waals surface area contributed by atoms with E-state index in [1.165, 1.54) is 16.2 Å². The van der Waals surface area contributed by atoms with Crippen LogP contribution in [-0.4, -0.2) is 14.5 Å². The summed E-state index contributed by atoms with van der Waals surface area (Å²) in [5.41, 5.74) is 6.86. The van der Waals surface area contributed by atoms with Crippen molar-refractivity contribution >= 4 is 65.4 Å². The van der Waals surface area contributed by atoms with Crippen LogP contribution in [0.1, 0.15) is 0 Å². The van der Waals surface area contributed by atoms with Crippen molar-refractivity contribution in [1.29, 1.82) is 0 Å². The van der Waals surface area contributed by atoms with Crippen LogP contribution in [0.5, 0.6) is 0 Å². The van der Waals surface area contributed by atoms with E-state index in [-0.39, 0.29) is 0 Å². The van der Waals surface area contributed by atoms with Crippen molar-refractivity contribution in [2.75, 3.05) is 0 Å². The Morgan fingerprint density at radius 3 is 2.08 bits per heavy atom. The Bertz CT molecular complexity index is 2430. The predicted molar refractivity (Wildman–Crippen MR) is 164 cm³/mol. The van der Waals surface area contributed by atoms with Crippen LogP contribution >= 0.6 is 0 Å². The number of aromatic nitrogens is 3. The SMILES string of the molecule is c1ccc(-c2nc(-n3c4ccccc4c4cc5cc6c(cc5cc43)oc3ccccc36)nc3ccccc23)cc1. The third-order valence-electron chi connectivity index (χ3n) is 7.97. The molecule has 9 aromatic rings. The quantitative estimate of drug-likeness (QED) is 0.232. The predicted octanol–water partition coefficient (Wildman–Crippen LogP) is 9.45. The molecule has 0 aliphatic heterocycles. The lowest BCUT2D eigenvalue weighted by atomic mass is 10.0. The molecule has 0 saturated carbocycles. The summed E-state index contributed by atoms with van der Waals surface area (Å²) in [6, 6.07) is 44.3. The minimum atomic E-state index is 0.660. The Morgan fingerprint density at radius 1 is 0.475 bits per heavy atom. The maximum Gasteiger partial charge on any atom is 0.235 e. The zero-order chi connectivity index (χ0) is 26.2. The van der Waals surface area contributed by atoms with E-state index in [0.717, 1.165) is 60.5 Å². The molecule has 0 fully saturated rings. The summed E-state index contributed by atoms with van der Waals surface area (Å²) in [7, 11) is 0. The van der Waals surface area contributed by atoms with Crippen LogP contribution < -0.4 is 0 Å². The topological polar surface area (TPSA) is 43.9 Å². The van der Waals surface area contributed by atoms with E-state index in [2.05, 4.69) is 102 Å². The second kappa shape index (κ2) is 8.01. The highest BCUT2D eigenvalue weighted by Gasteiger charge is 2.18. The molecule has 0 aliphatic carbocycles. The molecular formula is C36H21N3O. The minimum Gasteiger partial charge on any atom is -0.456 e. The molecule has 0 N–H and O–H groups in total. The molecule has 0 atom stereocenters. The van der Waals surface area contributed by atoms with Gasteiger partial charge in [0.25, 0.3) is 0 Å². The molecular weight excluding hydrogens is 490 g/mol. The number of furan rings is 1. The van der Waals surface area contributed by atoms with E-state index < -0.39 is 0 Å². The Morgan fingerprint density at radius 2 is 1.18 bits per heavy atom. The highest BCUT2D eigenvalue weighted by atomic mass is 16.3. The first-order valence-corrected chi connectivity index (χ1v) is 13.4. The van der Waals surface area contributed by atoms with Crippen molar-refractivity contribution in [2.24, 2.45) is 0 Å². The van der Waals surface area contributed by atoms with Crippen LogP contribution in [0.4, 0.5) is 0 Å². The van der Waals surface area contributed by atoms with E-state index in [1.807, 2.05) is 30.3 Å². The zero-order valence-corrected chi connectivity index (χ0v) is 21.4. The highest BCUT2D eigenvalue weighted by molar-refractivity contribution is 6.17. The lowest BCUT2D eigenvalue weighted by Gasteiger charge is -2.12. The van der Waals surface area contributed by atoms with Gasteiger partial charge in [-0.25, -0.2) is 9.97 Å². The highest BCUT2D eigenvalue weighted by Crippen LogP contribution is 2.38. The molecule has 0 bridgehead atoms. The number of rotatable bonds is 2. The van der Waals surface area contributed by atoms with Gasteiger partial charge in [0.1, 0.15) is 11.2 Å². The second-order valence-corrected chi connectivity index (χ2v) is 10.3. The maximum atomic E-state index is 6.23. The lowest BCUT2D eigenvalue weighted by Crippen LogP contribution is -2.03. The minimum absolute atomic E-state index is 0.660. The average Bonchev–Trinajstić information content (AvgIpc) is 3.53. The van der Waals surface area contributed by atoms with E-state index >= 15 is 0 Å². The van der Waals surface area contributed by atoms with Gasteiger partial charge in [0.2, 0.25) is 5.95 Å². The van der Waals surface area contributed by atoms with Gasteiger partial charge in [-0.05, 0) is 53.2 Å². The van der Waals surface area contributed by atoms with Gasteiger partial charge in [-0.15, -0.1) is 0 Å². The van der Waals surface area contributed by atoms with Crippen molar-refractivity contribution in [3.63, 3.8) is 0 Å². The smallest absolute Gasteiger partial charge is 0.235 e. The van der Waals surface area contributed by atoms with Crippen LogP contribution in [0.25, 0.3) is 82.6 Å². The summed E-state index contributed by atoms with van der Waals surface area (Å²) >= 11 is 0. The van der Waals surface area contributed by atoms with Crippen molar-refractivity contribution in [3.8, 4) is 17.2 Å². The van der Waals surface area contributed by atoms with Gasteiger partial charge in [0.05, 0.1) is 22.2 Å². The molecule has 3 aromatic heterocycles. The average molecular weight is 512 g/mol. The Hall–Kier alpha value is -5.48. The number of para-hydroxylation sites is 3. The molecule has 0 spiro atoms. The first-order valence-electron chi connectivity index (χ1n) is 13.4. The Kier molecular flexibility index (Phi) is 4.30. The molecule has 0 amide bonds. The fourth-order valence-electron chi connectivity index (χ4n) is 6.13. The fraction of sp³-hybridized carbons (Fsp3) is 0. The number of fused-ring (bicyclic) bond motifs is 8. The van der Waals surface area contributed by atoms with Crippen LogP contribution in [0.2, 0.25) is 0 Å². The van der Waals surface area contributed by atoms with Gasteiger partial charge in [-0.3, -0.25) is 4.57 Å². The largest absolute Gasteiger partial charge is 0.456 e. The van der Waals surface area contributed by atoms with E-state index in [0.29, 0.717) is 5.95 Å². The van der Waals surface area contributed by atoms with Gasteiger partial charge in [-0.2, -0.15) is 0 Å². The molecule has 40 heavy (non-hydrogen) atoms. The third kappa shape index (κ3) is 3.01. The molecule has 186 valence electrons. The number of hydrogen-bond donors (Lipinski definition) is 0. The summed E-state index contributed by atoms with van der Waals surface area (Å²) in [5.74, 6) is 0.660. The monoisotopic (exact) mass is 511 g/mol. The molecule has 0 aliphatic rings. The van der Waals surface area contributed by atoms with Crippen LogP contribution in [0.15, 0.2) is 132 Å². The molecule has 0 radical (unpaired) electrons. The number of benzene rings is 6. The van der Waals surface area contributed by atoms with Gasteiger partial charge in [-0.1, -0.05) is 84.9 Å². The van der Waals surface area contributed by atoms with Crippen molar-refractivity contribution in [3.05, 3.63) is 127 Å². The number of nitrogens with zero attached hydrogens (tertiary/aromatic N) is 3. The summed E-state index contributed by atoms with van der Waals surface area (Å²) in [4.78, 5) is 10.3. The van der Waals surface area contributed by atoms with Crippen molar-refractivity contribution in [1.82, 2.24) is 14.5 Å². The summed E-state index contributed by atoms with van der Waals surface area (Å²) < 4.78 is 8.43. The van der Waals surface area contributed by atoms with Crippen molar-refractivity contribution < 1.29 is 4.42 Å². The fourth-order valence-corrected chi connectivity index (χ4v) is 6.13. The second-order valence-electron chi connectivity index (χ2n) is 10.3. The summed E-state index contributed by atoms with van der Waals surface area (Å²) in [6.45, 7) is 0. The molecule has 0 unspecified atom stereocenters. The number of hydrogen-bond acceptors (Lipinski definition) is 3. The van der Waals surface area contributed by atoms with Gasteiger partial charge in [0, 0.05) is 32.5 Å². The standard InChI is InChI=1S/C36H21N3O/c1-2-10-22(11-3-1)35-27-14-4-7-15-30(27)37-36(38-35)39-31-16-8-5-12-25(31)28-18-23-19-29-26-13-6-9-17-33(26)40-34(29)21-24(23)20-32(28)39/h1-21H. The third-order valence-corrected chi connectivity index (χ3v) is 7.97. The normalized spacial score (nSPS) is 12.0. The van der Waals surface area contributed by atoms with Crippen LogP contribution in [0.3, 0.4) is 0 Å². The van der Waals surface area contributed by atoms with E-state index in [9.17, 15) is 0 Å². The van der Waals surface area contributed by atoms with Crippen LogP contribution in [0, 0.1) is 0 Å². The lowest BCUT2D eigenvalue weighted by molar-refractivity contribution is 0.669. The first kappa shape index (κ1) is 21.5. The molecule has 6 aromatic carbocycles. The summed E-state index contributed by atoms with van der Waals surface area (Å²) in [6.07, 6.45) is 0. The van der Waals surface area contributed by atoms with E-state index in [4.69, 9.17) is 14.4 Å². The van der Waals surface area contributed by atoms with Crippen LogP contribution in [-0.2, 0) is 0 Å². The Labute approximate surface area is 228 Å². The van der Waals surface area contributed by atoms with E-state index in [1.54, 1.807) is 0 Å². The van der Waals surface area contributed by atoms with Gasteiger partial charge in [0.15, 0.2) is 0 Å². The molecule has 3 heterocycles. The zero-order valence-electron chi connectivity index (χ0n) is 21.4. The first-order chi connectivity index (χ1) is 19.8. The molecule has 4 nitrogen and oxygen atoms in total. The summed E-state index contributed by atoms with van der Waals surface area (Å²) in [5, 5.41) is 7.96. The van der Waals surface area contributed by atoms with Crippen molar-refractivity contribution in [2.45, 2.75) is 0 Å². The molecule has 9 rings (SSSR count).